The molecule has 0 bridgehead atoms. The predicted octanol–water partition coefficient (Wildman–Crippen LogP) is 4.87. The van der Waals surface area contributed by atoms with E-state index in [4.69, 9.17) is 0 Å². The fourth-order valence-corrected chi connectivity index (χ4v) is 2.54. The van der Waals surface area contributed by atoms with Gasteiger partial charge in [-0.3, -0.25) is 4.79 Å². The van der Waals surface area contributed by atoms with E-state index in [9.17, 15) is 18.0 Å². The average Bonchev–Trinajstić information content (AvgIpc) is 2.58. The Kier molecular flexibility index (Phi) is 4.25. The Morgan fingerprint density at radius 1 is 0.833 bits per heavy atom. The molecule has 3 aromatic carbocycles. The van der Waals surface area contributed by atoms with E-state index >= 15 is 0 Å². The van der Waals surface area contributed by atoms with Gasteiger partial charge in [0.15, 0.2) is 6.04 Å². The van der Waals surface area contributed by atoms with Crippen LogP contribution in [0.1, 0.15) is 22.0 Å². The molecule has 3 aromatic rings. The topological polar surface area (TPSA) is 29.1 Å². The van der Waals surface area contributed by atoms with Gasteiger partial charge in [-0.05, 0) is 28.5 Å². The van der Waals surface area contributed by atoms with Crippen molar-refractivity contribution in [2.45, 2.75) is 12.2 Å². The highest BCUT2D eigenvalue weighted by molar-refractivity contribution is 5.98. The number of fused-ring (bicyclic) bond motifs is 1. The molecule has 0 unspecified atom stereocenters. The second-order valence-corrected chi connectivity index (χ2v) is 5.42. The first-order valence-corrected chi connectivity index (χ1v) is 7.36. The van der Waals surface area contributed by atoms with Gasteiger partial charge in [0.1, 0.15) is 0 Å². The summed E-state index contributed by atoms with van der Waals surface area (Å²) in [5.41, 5.74) is 0.193. The molecule has 0 spiro atoms. The number of hydrogen-bond donors (Lipinski definition) is 1. The summed E-state index contributed by atoms with van der Waals surface area (Å²) in [5.74, 6) is -0.757. The minimum absolute atomic E-state index is 0.000797. The molecule has 0 aliphatic carbocycles. The molecule has 1 amide bonds. The Morgan fingerprint density at radius 3 is 2.12 bits per heavy atom. The van der Waals surface area contributed by atoms with Crippen LogP contribution in [-0.2, 0) is 0 Å². The highest BCUT2D eigenvalue weighted by atomic mass is 19.4. The van der Waals surface area contributed by atoms with Crippen LogP contribution in [0, 0.1) is 0 Å². The molecule has 0 aromatic heterocycles. The number of rotatable bonds is 3. The summed E-state index contributed by atoms with van der Waals surface area (Å²) in [5, 5.41) is 3.81. The molecule has 24 heavy (non-hydrogen) atoms. The number of carbonyl (C=O) groups is 1. The summed E-state index contributed by atoms with van der Waals surface area (Å²) >= 11 is 0. The zero-order valence-corrected chi connectivity index (χ0v) is 12.5. The van der Waals surface area contributed by atoms with Gasteiger partial charge in [-0.15, -0.1) is 0 Å². The van der Waals surface area contributed by atoms with E-state index in [2.05, 4.69) is 5.32 Å². The van der Waals surface area contributed by atoms with Crippen LogP contribution < -0.4 is 5.32 Å². The third kappa shape index (κ3) is 3.40. The normalized spacial score (nSPS) is 12.8. The van der Waals surface area contributed by atoms with E-state index in [-0.39, 0.29) is 11.1 Å². The van der Waals surface area contributed by atoms with Crippen LogP contribution in [0.15, 0.2) is 72.8 Å². The summed E-state index contributed by atoms with van der Waals surface area (Å²) in [6.45, 7) is 0. The third-order valence-corrected chi connectivity index (χ3v) is 3.75. The lowest BCUT2D eigenvalue weighted by molar-refractivity contribution is -0.155. The molecule has 0 radical (unpaired) electrons. The van der Waals surface area contributed by atoms with Crippen LogP contribution in [0.5, 0.6) is 0 Å². The lowest BCUT2D eigenvalue weighted by Gasteiger charge is -2.22. The molecule has 0 heterocycles. The number of amides is 1. The summed E-state index contributed by atoms with van der Waals surface area (Å²) in [6.07, 6.45) is -4.58. The SMILES string of the molecule is O=C(N[C@H](c1ccccc1)C(F)(F)F)c1ccc2ccccc2c1. The molecule has 0 saturated carbocycles. The lowest BCUT2D eigenvalue weighted by Crippen LogP contribution is -2.38. The molecule has 3 rings (SSSR count). The summed E-state index contributed by atoms with van der Waals surface area (Å²) in [6, 6.07) is 17.5. The van der Waals surface area contributed by atoms with Crippen LogP contribution in [0.2, 0.25) is 0 Å². The van der Waals surface area contributed by atoms with Crippen LogP contribution in [0.3, 0.4) is 0 Å². The van der Waals surface area contributed by atoms with Crippen molar-refractivity contribution >= 4 is 16.7 Å². The van der Waals surface area contributed by atoms with Gasteiger partial charge in [-0.1, -0.05) is 60.7 Å². The van der Waals surface area contributed by atoms with Gasteiger partial charge in [0, 0.05) is 5.56 Å². The standard InChI is InChI=1S/C19H14F3NO/c20-19(21,22)17(14-7-2-1-3-8-14)23-18(24)16-11-10-13-6-4-5-9-15(13)12-16/h1-12,17H,(H,23,24)/t17-/m1/s1. The van der Waals surface area contributed by atoms with E-state index in [1.165, 1.54) is 30.3 Å². The fraction of sp³-hybridized carbons (Fsp3) is 0.105. The molecule has 1 atom stereocenters. The van der Waals surface area contributed by atoms with Crippen molar-refractivity contribution < 1.29 is 18.0 Å². The Balaban J connectivity index is 1.90. The van der Waals surface area contributed by atoms with Crippen LogP contribution in [-0.4, -0.2) is 12.1 Å². The van der Waals surface area contributed by atoms with Crippen molar-refractivity contribution in [2.75, 3.05) is 0 Å². The molecule has 0 aliphatic rings. The van der Waals surface area contributed by atoms with Gasteiger partial charge < -0.3 is 5.32 Å². The van der Waals surface area contributed by atoms with E-state index in [1.807, 2.05) is 24.3 Å². The van der Waals surface area contributed by atoms with E-state index < -0.39 is 18.1 Å². The highest BCUT2D eigenvalue weighted by Gasteiger charge is 2.41. The maximum Gasteiger partial charge on any atom is 0.412 e. The van der Waals surface area contributed by atoms with Crippen molar-refractivity contribution in [3.05, 3.63) is 83.9 Å². The monoisotopic (exact) mass is 329 g/mol. The van der Waals surface area contributed by atoms with Crippen molar-refractivity contribution in [3.8, 4) is 0 Å². The molecule has 0 saturated heterocycles. The number of hydrogen-bond acceptors (Lipinski definition) is 1. The maximum absolute atomic E-state index is 13.3. The van der Waals surface area contributed by atoms with Gasteiger partial charge in [0.05, 0.1) is 0 Å². The van der Waals surface area contributed by atoms with E-state index in [0.29, 0.717) is 0 Å². The Bertz CT molecular complexity index is 859. The van der Waals surface area contributed by atoms with Crippen molar-refractivity contribution in [1.82, 2.24) is 5.32 Å². The average molecular weight is 329 g/mol. The summed E-state index contributed by atoms with van der Waals surface area (Å²) in [4.78, 5) is 12.3. The molecule has 0 aliphatic heterocycles. The second-order valence-electron chi connectivity index (χ2n) is 5.42. The van der Waals surface area contributed by atoms with Crippen LogP contribution in [0.25, 0.3) is 10.8 Å². The molecule has 0 fully saturated rings. The Hall–Kier alpha value is -2.82. The van der Waals surface area contributed by atoms with E-state index in [0.717, 1.165) is 10.8 Å². The number of nitrogens with one attached hydrogen (secondary N) is 1. The van der Waals surface area contributed by atoms with Gasteiger partial charge in [0.2, 0.25) is 0 Å². The van der Waals surface area contributed by atoms with E-state index in [1.54, 1.807) is 18.2 Å². The summed E-state index contributed by atoms with van der Waals surface area (Å²) in [7, 11) is 0. The first-order valence-electron chi connectivity index (χ1n) is 7.36. The zero-order valence-electron chi connectivity index (χ0n) is 12.5. The number of benzene rings is 3. The zero-order chi connectivity index (χ0) is 17.2. The Labute approximate surface area is 136 Å². The van der Waals surface area contributed by atoms with Gasteiger partial charge >= 0.3 is 6.18 Å². The minimum atomic E-state index is -4.58. The molecule has 122 valence electrons. The van der Waals surface area contributed by atoms with Gasteiger partial charge in [0.25, 0.3) is 5.91 Å². The second kappa shape index (κ2) is 6.35. The van der Waals surface area contributed by atoms with Crippen molar-refractivity contribution in [3.63, 3.8) is 0 Å². The number of carbonyl (C=O) groups excluding carboxylic acids is 1. The van der Waals surface area contributed by atoms with Crippen molar-refractivity contribution in [2.24, 2.45) is 0 Å². The highest BCUT2D eigenvalue weighted by Crippen LogP contribution is 2.32. The minimum Gasteiger partial charge on any atom is -0.337 e. The van der Waals surface area contributed by atoms with Gasteiger partial charge in [-0.2, -0.15) is 13.2 Å². The predicted molar refractivity (Wildman–Crippen MR) is 86.7 cm³/mol. The molecular weight excluding hydrogens is 315 g/mol. The molecule has 1 N–H and O–H groups in total. The fourth-order valence-electron chi connectivity index (χ4n) is 2.54. The van der Waals surface area contributed by atoms with Crippen LogP contribution >= 0.6 is 0 Å². The first kappa shape index (κ1) is 16.1. The maximum atomic E-state index is 13.3. The quantitative estimate of drug-likeness (QED) is 0.729. The van der Waals surface area contributed by atoms with Gasteiger partial charge in [-0.25, -0.2) is 0 Å². The summed E-state index contributed by atoms with van der Waals surface area (Å²) < 4.78 is 40.0. The third-order valence-electron chi connectivity index (χ3n) is 3.75. The first-order chi connectivity index (χ1) is 11.4. The van der Waals surface area contributed by atoms with Crippen LogP contribution in [0.4, 0.5) is 13.2 Å². The van der Waals surface area contributed by atoms with Crippen molar-refractivity contribution in [1.29, 1.82) is 0 Å². The molecule has 5 heteroatoms. The molecule has 2 nitrogen and oxygen atoms in total. The largest absolute Gasteiger partial charge is 0.412 e. The molecular formula is C19H14F3NO. The lowest BCUT2D eigenvalue weighted by atomic mass is 10.0. The Morgan fingerprint density at radius 2 is 1.46 bits per heavy atom. The number of halogens is 3. The smallest absolute Gasteiger partial charge is 0.337 e. The number of alkyl halides is 3.